The van der Waals surface area contributed by atoms with E-state index >= 15 is 0 Å². The Hall–Kier alpha value is -0.560. The van der Waals surface area contributed by atoms with E-state index in [1.54, 1.807) is 0 Å². The maximum Gasteiger partial charge on any atom is 0.0679 e. The van der Waals surface area contributed by atoms with E-state index in [4.69, 9.17) is 0 Å². The van der Waals surface area contributed by atoms with Crippen molar-refractivity contribution in [1.82, 2.24) is 0 Å². The fourth-order valence-corrected chi connectivity index (χ4v) is 2.51. The summed E-state index contributed by atoms with van der Waals surface area (Å²) in [6, 6.07) is 0. The van der Waals surface area contributed by atoms with Crippen LogP contribution in [-0.2, 0) is 0 Å². The lowest BCUT2D eigenvalue weighted by molar-refractivity contribution is -0.0721. The van der Waals surface area contributed by atoms with E-state index in [0.29, 0.717) is 0 Å². The van der Waals surface area contributed by atoms with Crippen LogP contribution in [0, 0.1) is 5.41 Å². The second-order valence-electron chi connectivity index (χ2n) is 6.41. The highest BCUT2D eigenvalue weighted by molar-refractivity contribution is 5.10. The topological polar surface area (TPSA) is 20.2 Å². The molecule has 1 aliphatic rings. The van der Waals surface area contributed by atoms with Crippen molar-refractivity contribution in [3.8, 4) is 0 Å². The molecule has 0 fully saturated rings. The van der Waals surface area contributed by atoms with E-state index in [0.717, 1.165) is 32.1 Å². The van der Waals surface area contributed by atoms with Crippen LogP contribution in [0.1, 0.15) is 66.7 Å². The molecule has 0 saturated carbocycles. The standard InChI is InChI=1S/C16H28O/c1-13(2)7-6-10-16(5,17)15(4)11-8-14(3)9-12-15/h7-8,17H,6,9-12H2,1-5H3/t15-,16+/m0/s1. The highest BCUT2D eigenvalue weighted by Crippen LogP contribution is 2.45. The lowest BCUT2D eigenvalue weighted by atomic mass is 9.64. The van der Waals surface area contributed by atoms with Crippen molar-refractivity contribution >= 4 is 0 Å². The van der Waals surface area contributed by atoms with Gasteiger partial charge in [0.25, 0.3) is 0 Å². The largest absolute Gasteiger partial charge is 0.390 e. The number of hydrogen-bond acceptors (Lipinski definition) is 1. The molecule has 0 unspecified atom stereocenters. The number of hydrogen-bond donors (Lipinski definition) is 1. The van der Waals surface area contributed by atoms with Gasteiger partial charge >= 0.3 is 0 Å². The van der Waals surface area contributed by atoms with Gasteiger partial charge in [0.2, 0.25) is 0 Å². The summed E-state index contributed by atoms with van der Waals surface area (Å²) in [5.74, 6) is 0. The Kier molecular flexibility index (Phi) is 4.60. The van der Waals surface area contributed by atoms with Gasteiger partial charge in [-0.2, -0.15) is 0 Å². The second-order valence-corrected chi connectivity index (χ2v) is 6.41. The fraction of sp³-hybridized carbons (Fsp3) is 0.750. The minimum absolute atomic E-state index is 0.0436. The highest BCUT2D eigenvalue weighted by atomic mass is 16.3. The van der Waals surface area contributed by atoms with Crippen LogP contribution < -0.4 is 0 Å². The van der Waals surface area contributed by atoms with Crippen LogP contribution >= 0.6 is 0 Å². The van der Waals surface area contributed by atoms with Gasteiger partial charge in [-0.15, -0.1) is 0 Å². The van der Waals surface area contributed by atoms with Gasteiger partial charge in [-0.1, -0.05) is 30.2 Å². The van der Waals surface area contributed by atoms with E-state index in [1.807, 2.05) is 6.92 Å². The molecular weight excluding hydrogens is 208 g/mol. The van der Waals surface area contributed by atoms with Crippen LogP contribution in [0.15, 0.2) is 23.3 Å². The molecule has 0 aromatic rings. The number of rotatable bonds is 4. The molecule has 0 amide bonds. The van der Waals surface area contributed by atoms with E-state index < -0.39 is 5.60 Å². The Morgan fingerprint density at radius 1 is 1.53 bits per heavy atom. The van der Waals surface area contributed by atoms with Crippen molar-refractivity contribution in [3.63, 3.8) is 0 Å². The van der Waals surface area contributed by atoms with E-state index in [-0.39, 0.29) is 5.41 Å². The summed E-state index contributed by atoms with van der Waals surface area (Å²) in [6.45, 7) is 10.7. The van der Waals surface area contributed by atoms with Crippen molar-refractivity contribution in [2.75, 3.05) is 0 Å². The third kappa shape index (κ3) is 3.70. The van der Waals surface area contributed by atoms with Crippen molar-refractivity contribution < 1.29 is 5.11 Å². The molecule has 0 heterocycles. The first-order chi connectivity index (χ1) is 7.77. The van der Waals surface area contributed by atoms with Gasteiger partial charge in [0.15, 0.2) is 0 Å². The highest BCUT2D eigenvalue weighted by Gasteiger charge is 2.42. The zero-order chi connectivity index (χ0) is 13.1. The average molecular weight is 236 g/mol. The second kappa shape index (κ2) is 5.39. The summed E-state index contributed by atoms with van der Waals surface area (Å²) in [5.41, 5.74) is 2.30. The zero-order valence-corrected chi connectivity index (χ0v) is 12.1. The normalized spacial score (nSPS) is 28.2. The summed E-state index contributed by atoms with van der Waals surface area (Å²) in [6.07, 6.45) is 9.63. The van der Waals surface area contributed by atoms with Crippen LogP contribution in [0.4, 0.5) is 0 Å². The van der Waals surface area contributed by atoms with Crippen molar-refractivity contribution in [3.05, 3.63) is 23.3 Å². The van der Waals surface area contributed by atoms with Gasteiger partial charge in [-0.3, -0.25) is 0 Å². The van der Waals surface area contributed by atoms with Gasteiger partial charge in [0, 0.05) is 0 Å². The van der Waals surface area contributed by atoms with Crippen molar-refractivity contribution in [2.45, 2.75) is 72.3 Å². The third-order valence-electron chi connectivity index (χ3n) is 4.46. The summed E-state index contributed by atoms with van der Waals surface area (Å²) >= 11 is 0. The fourth-order valence-electron chi connectivity index (χ4n) is 2.51. The molecule has 1 nitrogen and oxygen atoms in total. The molecule has 98 valence electrons. The number of aliphatic hydroxyl groups is 1. The molecule has 0 bridgehead atoms. The third-order valence-corrected chi connectivity index (χ3v) is 4.46. The van der Waals surface area contributed by atoms with Gasteiger partial charge < -0.3 is 5.11 Å². The molecule has 2 atom stereocenters. The van der Waals surface area contributed by atoms with Crippen LogP contribution in [0.25, 0.3) is 0 Å². The quantitative estimate of drug-likeness (QED) is 0.706. The van der Waals surface area contributed by atoms with Crippen LogP contribution in [0.5, 0.6) is 0 Å². The SMILES string of the molecule is CC(C)=CCC[C@@](C)(O)[C@@]1(C)CC=C(C)CC1. The maximum atomic E-state index is 10.7. The summed E-state index contributed by atoms with van der Waals surface area (Å²) in [4.78, 5) is 0. The monoisotopic (exact) mass is 236 g/mol. The van der Waals surface area contributed by atoms with E-state index in [2.05, 4.69) is 39.8 Å². The first kappa shape index (κ1) is 14.5. The summed E-state index contributed by atoms with van der Waals surface area (Å²) in [7, 11) is 0. The van der Waals surface area contributed by atoms with Crippen molar-refractivity contribution in [2.24, 2.45) is 5.41 Å². The molecule has 1 N–H and O–H groups in total. The Morgan fingerprint density at radius 2 is 2.18 bits per heavy atom. The van der Waals surface area contributed by atoms with E-state index in [9.17, 15) is 5.11 Å². The Labute approximate surface area is 107 Å². The Balaban J connectivity index is 2.66. The van der Waals surface area contributed by atoms with Gasteiger partial charge in [-0.05, 0) is 65.2 Å². The molecule has 0 radical (unpaired) electrons. The summed E-state index contributed by atoms with van der Waals surface area (Å²) < 4.78 is 0. The molecule has 0 aromatic carbocycles. The minimum Gasteiger partial charge on any atom is -0.390 e. The van der Waals surface area contributed by atoms with E-state index in [1.165, 1.54) is 11.1 Å². The molecule has 1 aliphatic carbocycles. The predicted octanol–water partition coefficient (Wildman–Crippen LogP) is 4.62. The van der Waals surface area contributed by atoms with Gasteiger partial charge in [0.05, 0.1) is 5.60 Å². The molecule has 0 aromatic heterocycles. The molecular formula is C16H28O. The predicted molar refractivity (Wildman–Crippen MR) is 75.0 cm³/mol. The van der Waals surface area contributed by atoms with Gasteiger partial charge in [-0.25, -0.2) is 0 Å². The lowest BCUT2D eigenvalue weighted by Gasteiger charge is -2.45. The molecule has 0 saturated heterocycles. The smallest absolute Gasteiger partial charge is 0.0679 e. The number of allylic oxidation sites excluding steroid dienone is 4. The van der Waals surface area contributed by atoms with Crippen molar-refractivity contribution in [1.29, 1.82) is 0 Å². The van der Waals surface area contributed by atoms with Crippen LogP contribution in [-0.4, -0.2) is 10.7 Å². The molecule has 1 heteroatoms. The molecule has 0 aliphatic heterocycles. The first-order valence-electron chi connectivity index (χ1n) is 6.78. The lowest BCUT2D eigenvalue weighted by Crippen LogP contribution is -2.44. The molecule has 0 spiro atoms. The minimum atomic E-state index is -0.559. The van der Waals surface area contributed by atoms with Crippen LogP contribution in [0.3, 0.4) is 0 Å². The molecule has 17 heavy (non-hydrogen) atoms. The summed E-state index contributed by atoms with van der Waals surface area (Å²) in [5, 5.41) is 10.7. The Bertz CT molecular complexity index is 318. The zero-order valence-electron chi connectivity index (χ0n) is 12.1. The Morgan fingerprint density at radius 3 is 2.65 bits per heavy atom. The first-order valence-corrected chi connectivity index (χ1v) is 6.78. The molecule has 1 rings (SSSR count). The van der Waals surface area contributed by atoms with Gasteiger partial charge in [0.1, 0.15) is 0 Å². The maximum absolute atomic E-state index is 10.7. The van der Waals surface area contributed by atoms with Crippen LogP contribution in [0.2, 0.25) is 0 Å². The average Bonchev–Trinajstić information content (AvgIpc) is 2.21.